The van der Waals surface area contributed by atoms with E-state index in [1.807, 2.05) is 25.2 Å². The first-order chi connectivity index (χ1) is 11.1. The van der Waals surface area contributed by atoms with Crippen LogP contribution in [0.3, 0.4) is 0 Å². The Bertz CT molecular complexity index is 667. The minimum Gasteiger partial charge on any atom is -0.362 e. The average molecular weight is 310 g/mol. The van der Waals surface area contributed by atoms with Crippen LogP contribution < -0.4 is 9.80 Å². The monoisotopic (exact) mass is 310 g/mol. The number of hydrogen-bond acceptors (Lipinski definition) is 4. The van der Waals surface area contributed by atoms with Gasteiger partial charge in [0.2, 0.25) is 5.95 Å². The third kappa shape index (κ3) is 3.16. The molecule has 1 unspecified atom stereocenters. The molecule has 1 aromatic carbocycles. The number of benzene rings is 1. The van der Waals surface area contributed by atoms with Gasteiger partial charge in [0.25, 0.3) is 0 Å². The van der Waals surface area contributed by atoms with Gasteiger partial charge in [-0.3, -0.25) is 0 Å². The minimum absolute atomic E-state index is 0.752. The third-order valence-corrected chi connectivity index (χ3v) is 4.79. The van der Waals surface area contributed by atoms with Crippen LogP contribution >= 0.6 is 0 Å². The molecule has 2 aromatic rings. The summed E-state index contributed by atoms with van der Waals surface area (Å²) in [6.45, 7) is 2.28. The van der Waals surface area contributed by atoms with Gasteiger partial charge in [0.05, 0.1) is 5.69 Å². The third-order valence-electron chi connectivity index (χ3n) is 4.79. The summed E-state index contributed by atoms with van der Waals surface area (Å²) in [6, 6.07) is 10.3. The molecule has 4 heteroatoms. The van der Waals surface area contributed by atoms with Crippen molar-refractivity contribution < 1.29 is 0 Å². The Morgan fingerprint density at radius 3 is 2.48 bits per heavy atom. The molecule has 0 saturated carbocycles. The van der Waals surface area contributed by atoms with E-state index < -0.39 is 0 Å². The van der Waals surface area contributed by atoms with E-state index in [4.69, 9.17) is 9.97 Å². The highest BCUT2D eigenvalue weighted by Gasteiger charge is 2.24. The molecule has 1 aliphatic rings. The van der Waals surface area contributed by atoms with Crippen LogP contribution in [0.4, 0.5) is 17.5 Å². The summed E-state index contributed by atoms with van der Waals surface area (Å²) in [5.74, 6) is 2.61. The Hall–Kier alpha value is -2.10. The van der Waals surface area contributed by atoms with Crippen molar-refractivity contribution in [2.45, 2.75) is 32.6 Å². The van der Waals surface area contributed by atoms with E-state index in [9.17, 15) is 0 Å². The molecule has 0 aliphatic heterocycles. The van der Waals surface area contributed by atoms with Gasteiger partial charge in [0.1, 0.15) is 5.82 Å². The standard InChI is InChI=1S/C19H26N4/c1-5-14-11-12-16-17(13-14)20-19(21-18(16)22(2)3)23(4)15-9-7-6-8-10-15/h6-10,14H,5,11-13H2,1-4H3. The molecule has 1 atom stereocenters. The van der Waals surface area contributed by atoms with Gasteiger partial charge in [-0.05, 0) is 37.3 Å². The molecule has 0 N–H and O–H groups in total. The van der Waals surface area contributed by atoms with Crippen LogP contribution in [0, 0.1) is 5.92 Å². The molecule has 0 radical (unpaired) electrons. The van der Waals surface area contributed by atoms with Crippen molar-refractivity contribution in [2.24, 2.45) is 5.92 Å². The summed E-state index contributed by atoms with van der Waals surface area (Å²) in [7, 11) is 6.18. The van der Waals surface area contributed by atoms with E-state index in [-0.39, 0.29) is 0 Å². The number of para-hydroxylation sites is 1. The van der Waals surface area contributed by atoms with Crippen LogP contribution in [0.2, 0.25) is 0 Å². The van der Waals surface area contributed by atoms with Gasteiger partial charge >= 0.3 is 0 Å². The maximum Gasteiger partial charge on any atom is 0.231 e. The van der Waals surface area contributed by atoms with Crippen molar-refractivity contribution in [3.05, 3.63) is 41.6 Å². The number of fused-ring (bicyclic) bond motifs is 1. The first-order valence-electron chi connectivity index (χ1n) is 8.46. The SMILES string of the molecule is CCC1CCc2c(nc(N(C)c3ccccc3)nc2N(C)C)C1. The van der Waals surface area contributed by atoms with Gasteiger partial charge < -0.3 is 9.80 Å². The fourth-order valence-electron chi connectivity index (χ4n) is 3.29. The molecule has 1 heterocycles. The number of rotatable bonds is 4. The van der Waals surface area contributed by atoms with Crippen molar-refractivity contribution in [1.29, 1.82) is 0 Å². The lowest BCUT2D eigenvalue weighted by Crippen LogP contribution is -2.24. The maximum atomic E-state index is 4.92. The van der Waals surface area contributed by atoms with Crippen molar-refractivity contribution in [3.8, 4) is 0 Å². The normalized spacial score (nSPS) is 16.8. The molecule has 0 saturated heterocycles. The Balaban J connectivity index is 2.03. The summed E-state index contributed by atoms with van der Waals surface area (Å²) in [6.07, 6.45) is 4.65. The summed E-state index contributed by atoms with van der Waals surface area (Å²) < 4.78 is 0. The highest BCUT2D eigenvalue weighted by molar-refractivity contribution is 5.60. The van der Waals surface area contributed by atoms with Gasteiger partial charge in [-0.15, -0.1) is 0 Å². The fourth-order valence-corrected chi connectivity index (χ4v) is 3.29. The lowest BCUT2D eigenvalue weighted by Gasteiger charge is -2.28. The summed E-state index contributed by atoms with van der Waals surface area (Å²) in [5, 5.41) is 0. The molecule has 0 bridgehead atoms. The van der Waals surface area contributed by atoms with E-state index in [1.165, 1.54) is 24.1 Å². The number of hydrogen-bond donors (Lipinski definition) is 0. The molecule has 1 aliphatic carbocycles. The molecule has 3 rings (SSSR count). The van der Waals surface area contributed by atoms with E-state index in [1.54, 1.807) is 0 Å². The zero-order chi connectivity index (χ0) is 16.4. The van der Waals surface area contributed by atoms with Crippen LogP contribution in [-0.4, -0.2) is 31.1 Å². The highest BCUT2D eigenvalue weighted by Crippen LogP contribution is 2.33. The molecular weight excluding hydrogens is 284 g/mol. The van der Waals surface area contributed by atoms with E-state index in [2.05, 4.69) is 43.0 Å². The second kappa shape index (κ2) is 6.57. The van der Waals surface area contributed by atoms with Gasteiger partial charge in [0.15, 0.2) is 0 Å². The molecule has 4 nitrogen and oxygen atoms in total. The minimum atomic E-state index is 0.752. The topological polar surface area (TPSA) is 32.3 Å². The van der Waals surface area contributed by atoms with Gasteiger partial charge in [-0.2, -0.15) is 4.98 Å². The lowest BCUT2D eigenvalue weighted by molar-refractivity contribution is 0.437. The molecule has 0 fully saturated rings. The molecular formula is C19H26N4. The van der Waals surface area contributed by atoms with Crippen LogP contribution in [0.25, 0.3) is 0 Å². The van der Waals surface area contributed by atoms with Crippen LogP contribution in [-0.2, 0) is 12.8 Å². The zero-order valence-corrected chi connectivity index (χ0v) is 14.6. The smallest absolute Gasteiger partial charge is 0.231 e. The summed E-state index contributed by atoms with van der Waals surface area (Å²) in [5.41, 5.74) is 3.68. The molecule has 122 valence electrons. The summed E-state index contributed by atoms with van der Waals surface area (Å²) >= 11 is 0. The lowest BCUT2D eigenvalue weighted by atomic mass is 9.85. The van der Waals surface area contributed by atoms with Crippen LogP contribution in [0.1, 0.15) is 31.0 Å². The van der Waals surface area contributed by atoms with Crippen LogP contribution in [0.5, 0.6) is 0 Å². The maximum absolute atomic E-state index is 4.92. The molecule has 0 spiro atoms. The fraction of sp³-hybridized carbons (Fsp3) is 0.474. The number of anilines is 3. The molecule has 1 aromatic heterocycles. The first kappa shape index (κ1) is 15.8. The van der Waals surface area contributed by atoms with E-state index in [0.29, 0.717) is 0 Å². The number of aromatic nitrogens is 2. The highest BCUT2D eigenvalue weighted by atomic mass is 15.3. The van der Waals surface area contributed by atoms with Crippen LogP contribution in [0.15, 0.2) is 30.3 Å². The van der Waals surface area contributed by atoms with Gasteiger partial charge in [-0.25, -0.2) is 4.98 Å². The summed E-state index contributed by atoms with van der Waals surface area (Å²) in [4.78, 5) is 14.0. The Morgan fingerprint density at radius 2 is 1.83 bits per heavy atom. The number of nitrogens with zero attached hydrogens (tertiary/aromatic N) is 4. The van der Waals surface area contributed by atoms with Gasteiger partial charge in [-0.1, -0.05) is 31.5 Å². The predicted molar refractivity (Wildman–Crippen MR) is 96.7 cm³/mol. The van der Waals surface area contributed by atoms with E-state index >= 15 is 0 Å². The first-order valence-corrected chi connectivity index (χ1v) is 8.46. The second-order valence-corrected chi connectivity index (χ2v) is 6.58. The zero-order valence-electron chi connectivity index (χ0n) is 14.6. The van der Waals surface area contributed by atoms with E-state index in [0.717, 1.165) is 36.2 Å². The second-order valence-electron chi connectivity index (χ2n) is 6.58. The Labute approximate surface area is 139 Å². The largest absolute Gasteiger partial charge is 0.362 e. The van der Waals surface area contributed by atoms with Crippen molar-refractivity contribution >= 4 is 17.5 Å². The van der Waals surface area contributed by atoms with Crippen molar-refractivity contribution in [3.63, 3.8) is 0 Å². The Morgan fingerprint density at radius 1 is 1.09 bits per heavy atom. The van der Waals surface area contributed by atoms with Gasteiger partial charge in [0, 0.05) is 32.4 Å². The van der Waals surface area contributed by atoms with Crippen molar-refractivity contribution in [1.82, 2.24) is 9.97 Å². The molecule has 0 amide bonds. The predicted octanol–water partition coefficient (Wildman–Crippen LogP) is 3.83. The Kier molecular flexibility index (Phi) is 4.51. The molecule has 23 heavy (non-hydrogen) atoms. The van der Waals surface area contributed by atoms with Crippen molar-refractivity contribution in [2.75, 3.05) is 30.9 Å². The average Bonchev–Trinajstić information content (AvgIpc) is 2.60. The quantitative estimate of drug-likeness (QED) is 0.859.